The van der Waals surface area contributed by atoms with Crippen LogP contribution >= 0.6 is 11.8 Å². The lowest BCUT2D eigenvalue weighted by Crippen LogP contribution is -2.14. The molecule has 0 aliphatic rings. The number of anilines is 1. The highest BCUT2D eigenvalue weighted by Gasteiger charge is 2.13. The number of methoxy groups -OCH3 is 1. The molecule has 0 radical (unpaired) electrons. The van der Waals surface area contributed by atoms with Crippen LogP contribution in [0.1, 0.15) is 15.9 Å². The number of carbonyl (C=O) groups is 1. The number of nitrogen functional groups attached to an aromatic ring is 1. The lowest BCUT2D eigenvalue weighted by Gasteiger charge is -2.04. The zero-order chi connectivity index (χ0) is 21.5. The average Bonchev–Trinajstić information content (AvgIpc) is 3.12. The monoisotopic (exact) mass is 427 g/mol. The Hall–Kier alpha value is -3.93. The van der Waals surface area contributed by atoms with Crippen molar-refractivity contribution in [1.82, 2.24) is 14.9 Å². The number of nitro benzene ring substituents is 1. The maximum absolute atomic E-state index is 12.3. The van der Waals surface area contributed by atoms with Crippen LogP contribution < -0.4 is 16.0 Å². The SMILES string of the molecule is COc1ccc(C(=O)CSc2nnc(N/N=C/c3ccc([N+](=O)[O-])cc3)n2N)cc1. The number of Topliss-reactive ketones (excluding diaryl/α,β-unsaturated/α-hetero) is 1. The second-order valence-electron chi connectivity index (χ2n) is 5.84. The molecular formula is C18H17N7O4S. The van der Waals surface area contributed by atoms with E-state index in [0.29, 0.717) is 22.0 Å². The maximum atomic E-state index is 12.3. The highest BCUT2D eigenvalue weighted by atomic mass is 32.2. The summed E-state index contributed by atoms with van der Waals surface area (Å²) in [6.45, 7) is 0. The first-order valence-electron chi connectivity index (χ1n) is 8.52. The highest BCUT2D eigenvalue weighted by Crippen LogP contribution is 2.19. The van der Waals surface area contributed by atoms with Crippen molar-refractivity contribution in [1.29, 1.82) is 0 Å². The lowest BCUT2D eigenvalue weighted by atomic mass is 10.1. The number of ether oxygens (including phenoxy) is 1. The van der Waals surface area contributed by atoms with E-state index >= 15 is 0 Å². The molecule has 154 valence electrons. The standard InChI is InChI=1S/C18H17N7O4S/c1-29-15-8-4-13(5-9-15)16(26)11-30-18-23-22-17(24(18)19)21-20-10-12-2-6-14(7-3-12)25(27)28/h2-10H,11,19H2,1H3,(H,21,22)/b20-10+. The third kappa shape index (κ3) is 5.11. The summed E-state index contributed by atoms with van der Waals surface area (Å²) in [6.07, 6.45) is 1.46. The number of aromatic nitrogens is 3. The fourth-order valence-corrected chi connectivity index (χ4v) is 3.04. The molecule has 0 aliphatic heterocycles. The molecule has 3 N–H and O–H groups in total. The van der Waals surface area contributed by atoms with Crippen LogP contribution in [0.3, 0.4) is 0 Å². The Labute approximate surface area is 175 Å². The molecule has 0 spiro atoms. The second kappa shape index (κ2) is 9.52. The summed E-state index contributed by atoms with van der Waals surface area (Å²) in [6, 6.07) is 12.7. The molecule has 30 heavy (non-hydrogen) atoms. The van der Waals surface area contributed by atoms with Crippen molar-refractivity contribution < 1.29 is 14.5 Å². The van der Waals surface area contributed by atoms with E-state index in [1.807, 2.05) is 0 Å². The number of nitro groups is 1. The van der Waals surface area contributed by atoms with Crippen LogP contribution in [-0.2, 0) is 0 Å². The van der Waals surface area contributed by atoms with Gasteiger partial charge in [-0.15, -0.1) is 10.2 Å². The van der Waals surface area contributed by atoms with E-state index < -0.39 is 4.92 Å². The number of non-ortho nitro benzene ring substituents is 1. The van der Waals surface area contributed by atoms with Gasteiger partial charge < -0.3 is 10.6 Å². The van der Waals surface area contributed by atoms with Gasteiger partial charge in [-0.3, -0.25) is 14.9 Å². The minimum Gasteiger partial charge on any atom is -0.497 e. The first-order chi connectivity index (χ1) is 14.5. The molecule has 0 saturated carbocycles. The number of hydrogen-bond acceptors (Lipinski definition) is 10. The van der Waals surface area contributed by atoms with Crippen molar-refractivity contribution in [3.63, 3.8) is 0 Å². The zero-order valence-electron chi connectivity index (χ0n) is 15.8. The summed E-state index contributed by atoms with van der Waals surface area (Å²) in [5.41, 5.74) is 3.83. The predicted octanol–water partition coefficient (Wildman–Crippen LogP) is 2.33. The Bertz CT molecular complexity index is 1070. The van der Waals surface area contributed by atoms with Crippen LogP contribution in [0.5, 0.6) is 5.75 Å². The van der Waals surface area contributed by atoms with Crippen LogP contribution in [-0.4, -0.2) is 44.7 Å². The van der Waals surface area contributed by atoms with Crippen LogP contribution in [0, 0.1) is 10.1 Å². The van der Waals surface area contributed by atoms with Gasteiger partial charge in [0.2, 0.25) is 5.16 Å². The van der Waals surface area contributed by atoms with Gasteiger partial charge in [-0.2, -0.15) is 5.10 Å². The molecule has 2 aromatic carbocycles. The Morgan fingerprint density at radius 1 is 1.27 bits per heavy atom. The van der Waals surface area contributed by atoms with Crippen molar-refractivity contribution in [3.8, 4) is 5.75 Å². The summed E-state index contributed by atoms with van der Waals surface area (Å²) in [7, 11) is 1.56. The molecule has 0 aliphatic carbocycles. The van der Waals surface area contributed by atoms with E-state index in [4.69, 9.17) is 10.6 Å². The van der Waals surface area contributed by atoms with Crippen LogP contribution in [0.25, 0.3) is 0 Å². The largest absolute Gasteiger partial charge is 0.497 e. The maximum Gasteiger partial charge on any atom is 0.269 e. The number of benzene rings is 2. The predicted molar refractivity (Wildman–Crippen MR) is 113 cm³/mol. The Kier molecular flexibility index (Phi) is 6.60. The number of nitrogens with two attached hydrogens (primary N) is 1. The van der Waals surface area contributed by atoms with Gasteiger partial charge in [0.15, 0.2) is 5.78 Å². The van der Waals surface area contributed by atoms with Gasteiger partial charge in [-0.05, 0) is 42.0 Å². The molecule has 1 aromatic heterocycles. The summed E-state index contributed by atoms with van der Waals surface area (Å²) < 4.78 is 6.25. The van der Waals surface area contributed by atoms with Gasteiger partial charge in [0.25, 0.3) is 11.6 Å². The summed E-state index contributed by atoms with van der Waals surface area (Å²) in [5.74, 6) is 6.82. The Morgan fingerprint density at radius 3 is 2.60 bits per heavy atom. The summed E-state index contributed by atoms with van der Waals surface area (Å²) in [4.78, 5) is 22.5. The van der Waals surface area contributed by atoms with Crippen molar-refractivity contribution >= 4 is 35.4 Å². The zero-order valence-corrected chi connectivity index (χ0v) is 16.6. The number of hydrogen-bond donors (Lipinski definition) is 2. The number of ketones is 1. The molecule has 1 heterocycles. The van der Waals surface area contributed by atoms with Gasteiger partial charge >= 0.3 is 0 Å². The molecule has 0 amide bonds. The number of thioether (sulfide) groups is 1. The number of nitrogens with one attached hydrogen (secondary N) is 1. The molecule has 0 saturated heterocycles. The number of carbonyl (C=O) groups excluding carboxylic acids is 1. The molecule has 3 aromatic rings. The number of nitrogens with zero attached hydrogens (tertiary/aromatic N) is 5. The molecule has 0 atom stereocenters. The van der Waals surface area contributed by atoms with E-state index in [1.165, 1.54) is 23.0 Å². The summed E-state index contributed by atoms with van der Waals surface area (Å²) in [5, 5.41) is 22.8. The highest BCUT2D eigenvalue weighted by molar-refractivity contribution is 7.99. The fourth-order valence-electron chi connectivity index (χ4n) is 2.29. The third-order valence-electron chi connectivity index (χ3n) is 3.89. The number of hydrazone groups is 1. The minimum absolute atomic E-state index is 0.00679. The van der Waals surface area contributed by atoms with E-state index in [0.717, 1.165) is 11.8 Å². The third-order valence-corrected chi connectivity index (χ3v) is 4.83. The van der Waals surface area contributed by atoms with E-state index in [2.05, 4.69) is 20.7 Å². The van der Waals surface area contributed by atoms with Gasteiger partial charge in [0.05, 0.1) is 24.0 Å². The smallest absolute Gasteiger partial charge is 0.269 e. The molecule has 11 nitrogen and oxygen atoms in total. The first kappa shape index (κ1) is 20.8. The fraction of sp³-hybridized carbons (Fsp3) is 0.111. The van der Waals surface area contributed by atoms with Crippen LogP contribution in [0.2, 0.25) is 0 Å². The molecule has 3 rings (SSSR count). The quantitative estimate of drug-likeness (QED) is 0.131. The lowest BCUT2D eigenvalue weighted by molar-refractivity contribution is -0.384. The first-order valence-corrected chi connectivity index (χ1v) is 9.50. The van der Waals surface area contributed by atoms with Gasteiger partial charge in [-0.1, -0.05) is 11.8 Å². The van der Waals surface area contributed by atoms with E-state index in [9.17, 15) is 14.9 Å². The normalized spacial score (nSPS) is 10.8. The Balaban J connectivity index is 1.56. The van der Waals surface area contributed by atoms with Crippen molar-refractivity contribution in [2.45, 2.75) is 5.16 Å². The van der Waals surface area contributed by atoms with Gasteiger partial charge in [-0.25, -0.2) is 10.1 Å². The molecule has 0 fully saturated rings. The van der Waals surface area contributed by atoms with Crippen molar-refractivity contribution in [2.75, 3.05) is 24.1 Å². The minimum atomic E-state index is -0.478. The summed E-state index contributed by atoms with van der Waals surface area (Å²) >= 11 is 1.14. The number of rotatable bonds is 9. The van der Waals surface area contributed by atoms with E-state index in [-0.39, 0.29) is 23.2 Å². The molecule has 0 bridgehead atoms. The molecule has 0 unspecified atom stereocenters. The van der Waals surface area contributed by atoms with Crippen LogP contribution in [0.15, 0.2) is 58.8 Å². The van der Waals surface area contributed by atoms with Gasteiger partial charge in [0.1, 0.15) is 5.75 Å². The Morgan fingerprint density at radius 2 is 1.97 bits per heavy atom. The second-order valence-corrected chi connectivity index (χ2v) is 6.78. The molecular weight excluding hydrogens is 410 g/mol. The van der Waals surface area contributed by atoms with Crippen LogP contribution in [0.4, 0.5) is 11.6 Å². The van der Waals surface area contributed by atoms with Gasteiger partial charge in [0, 0.05) is 17.7 Å². The topological polar surface area (TPSA) is 151 Å². The van der Waals surface area contributed by atoms with E-state index in [1.54, 1.807) is 43.5 Å². The average molecular weight is 427 g/mol. The molecule has 12 heteroatoms. The van der Waals surface area contributed by atoms with Crippen molar-refractivity contribution in [3.05, 3.63) is 69.8 Å². The van der Waals surface area contributed by atoms with Crippen molar-refractivity contribution in [2.24, 2.45) is 5.10 Å².